The Morgan fingerprint density at radius 3 is 1.88 bits per heavy atom. The fourth-order valence-corrected chi connectivity index (χ4v) is 7.65. The van der Waals surface area contributed by atoms with E-state index in [-0.39, 0.29) is 18.0 Å². The number of hydrogen-bond donors (Lipinski definition) is 2. The number of ether oxygens (including phenoxy) is 3. The van der Waals surface area contributed by atoms with Gasteiger partial charge in [-0.2, -0.15) is 4.98 Å². The van der Waals surface area contributed by atoms with E-state index < -0.39 is 19.4 Å². The molecule has 0 saturated heterocycles. The molecule has 0 fully saturated rings. The van der Waals surface area contributed by atoms with Gasteiger partial charge >= 0.3 is 5.69 Å². The van der Waals surface area contributed by atoms with Crippen molar-refractivity contribution in [3.8, 4) is 11.5 Å². The average molecular weight is 664 g/mol. The van der Waals surface area contributed by atoms with E-state index in [0.717, 1.165) is 28.2 Å². The van der Waals surface area contributed by atoms with Crippen molar-refractivity contribution in [3.05, 3.63) is 154 Å². The lowest BCUT2D eigenvalue weighted by Crippen LogP contribution is -2.46. The normalized spacial score (nSPS) is 12.6. The first-order valence-electron chi connectivity index (χ1n) is 15.8. The van der Waals surface area contributed by atoms with Crippen molar-refractivity contribution < 1.29 is 24.1 Å². The van der Waals surface area contributed by atoms with Gasteiger partial charge in [0.25, 0.3) is 5.91 Å². The highest BCUT2D eigenvalue weighted by Crippen LogP contribution is 2.42. The van der Waals surface area contributed by atoms with Gasteiger partial charge in [-0.15, -0.1) is 0 Å². The highest BCUT2D eigenvalue weighted by molar-refractivity contribution is 6.78. The Hall–Kier alpha value is -5.03. The summed E-state index contributed by atoms with van der Waals surface area (Å²) in [6.45, 7) is 2.54. The Bertz CT molecular complexity index is 1790. The number of anilines is 1. The lowest BCUT2D eigenvalue weighted by atomic mass is 9.80. The molecule has 1 amide bonds. The summed E-state index contributed by atoms with van der Waals surface area (Å²) in [7, 11) is 0.860. The Labute approximate surface area is 281 Å². The van der Waals surface area contributed by atoms with Gasteiger partial charge in [0.15, 0.2) is 0 Å². The molecule has 1 aromatic heterocycles. The van der Waals surface area contributed by atoms with Gasteiger partial charge in [0.1, 0.15) is 31.0 Å². The van der Waals surface area contributed by atoms with Gasteiger partial charge in [-0.25, -0.2) is 4.79 Å². The fraction of sp³-hybridized carbons (Fsp3) is 0.237. The molecule has 1 atom stereocenters. The van der Waals surface area contributed by atoms with Gasteiger partial charge in [0, 0.05) is 30.8 Å². The minimum absolute atomic E-state index is 0.0146. The van der Waals surface area contributed by atoms with Crippen molar-refractivity contribution in [3.63, 3.8) is 0 Å². The predicted molar refractivity (Wildman–Crippen MR) is 189 cm³/mol. The van der Waals surface area contributed by atoms with E-state index in [1.807, 2.05) is 72.8 Å². The van der Waals surface area contributed by atoms with E-state index in [2.05, 4.69) is 29.0 Å². The number of aliphatic hydroxyl groups excluding tert-OH is 1. The molecule has 0 aliphatic rings. The topological polar surface area (TPSA) is 112 Å². The molecule has 9 nitrogen and oxygen atoms in total. The minimum atomic E-state index is -2.42. The van der Waals surface area contributed by atoms with E-state index in [1.165, 1.54) is 4.57 Å². The molecule has 10 heteroatoms. The van der Waals surface area contributed by atoms with Crippen molar-refractivity contribution in [1.29, 1.82) is 0 Å². The lowest BCUT2D eigenvalue weighted by Gasteiger charge is -2.39. The summed E-state index contributed by atoms with van der Waals surface area (Å²) in [6.07, 6.45) is 2.65. The maximum Gasteiger partial charge on any atom is 0.349 e. The summed E-state index contributed by atoms with van der Waals surface area (Å²) in [5.74, 6) is 1.34. The van der Waals surface area contributed by atoms with Crippen molar-refractivity contribution in [2.75, 3.05) is 32.0 Å². The zero-order valence-electron chi connectivity index (χ0n) is 27.5. The third-order valence-electron chi connectivity index (χ3n) is 8.52. The highest BCUT2D eigenvalue weighted by Gasteiger charge is 2.40. The van der Waals surface area contributed by atoms with Crippen LogP contribution < -0.4 is 20.5 Å². The molecule has 5 aromatic rings. The maximum absolute atomic E-state index is 12.8. The zero-order valence-corrected chi connectivity index (χ0v) is 28.5. The second-order valence-electron chi connectivity index (χ2n) is 12.0. The average Bonchev–Trinajstić information content (AvgIpc) is 3.14. The maximum atomic E-state index is 12.8. The van der Waals surface area contributed by atoms with Crippen LogP contribution in [0.25, 0.3) is 0 Å². The first-order valence-corrected chi connectivity index (χ1v) is 19.0. The minimum Gasteiger partial charge on any atom is -0.497 e. The first-order chi connectivity index (χ1) is 23.3. The number of carbonyl (C=O) groups is 1. The van der Waals surface area contributed by atoms with Crippen LogP contribution in [0.2, 0.25) is 12.6 Å². The van der Waals surface area contributed by atoms with Gasteiger partial charge in [-0.3, -0.25) is 9.36 Å². The van der Waals surface area contributed by atoms with Crippen molar-refractivity contribution in [2.45, 2.75) is 31.2 Å². The van der Waals surface area contributed by atoms with Crippen LogP contribution in [0, 0.1) is 0 Å². The second-order valence-corrected chi connectivity index (χ2v) is 16.7. The number of aliphatic hydroxyl groups is 1. The number of aromatic nitrogens is 2. The van der Waals surface area contributed by atoms with Gasteiger partial charge < -0.3 is 24.6 Å². The Kier molecular flexibility index (Phi) is 11.2. The van der Waals surface area contributed by atoms with Crippen LogP contribution in [-0.2, 0) is 16.9 Å². The molecule has 248 valence electrons. The zero-order chi connectivity index (χ0) is 34.0. The summed E-state index contributed by atoms with van der Waals surface area (Å²) < 4.78 is 19.5. The van der Waals surface area contributed by atoms with Crippen molar-refractivity contribution in [2.24, 2.45) is 0 Å². The third-order valence-corrected chi connectivity index (χ3v) is 11.7. The highest BCUT2D eigenvalue weighted by atomic mass is 28.3. The molecule has 0 spiro atoms. The number of nitrogens with zero attached hydrogens (tertiary/aromatic N) is 2. The molecule has 2 N–H and O–H groups in total. The van der Waals surface area contributed by atoms with Crippen LogP contribution in [-0.4, -0.2) is 55.3 Å². The number of methoxy groups -OCH3 is 2. The number of carbonyl (C=O) groups excluding carboxylic acids is 1. The van der Waals surface area contributed by atoms with Crippen molar-refractivity contribution >= 4 is 19.8 Å². The van der Waals surface area contributed by atoms with Crippen LogP contribution in [0.3, 0.4) is 0 Å². The number of amides is 1. The summed E-state index contributed by atoms with van der Waals surface area (Å²) in [5, 5.41) is 13.4. The molecule has 0 radical (unpaired) electrons. The number of aryl methyl sites for hydroxylation is 1. The quantitative estimate of drug-likeness (QED) is 0.103. The number of nitrogens with one attached hydrogen (secondary N) is 1. The van der Waals surface area contributed by atoms with Gasteiger partial charge in [-0.1, -0.05) is 85.4 Å². The van der Waals surface area contributed by atoms with Crippen LogP contribution >= 0.6 is 0 Å². The van der Waals surface area contributed by atoms with E-state index in [9.17, 15) is 14.7 Å². The van der Waals surface area contributed by atoms with Gasteiger partial charge in [-0.05, 0) is 65.6 Å². The van der Waals surface area contributed by atoms with Crippen molar-refractivity contribution in [1.82, 2.24) is 9.55 Å². The summed E-state index contributed by atoms with van der Waals surface area (Å²) in [5.41, 5.74) is 1.84. The predicted octanol–water partition coefficient (Wildman–Crippen LogP) is 6.06. The summed E-state index contributed by atoms with van der Waals surface area (Å²) in [4.78, 5) is 29.4. The molecule has 0 bridgehead atoms. The molecule has 4 aromatic carbocycles. The Balaban J connectivity index is 1.35. The standard InChI is InChI=1S/C38H41N3O6Si/c1-45-33-19-15-31(16-20-33)38(30-13-8-5-9-14-30,32-17-21-34(46-2)22-18-32)47-28-48(3,27-42)26-10-24-41-25-23-35(40-37(41)44)39-36(43)29-11-6-4-7-12-29/h4-9,11-23,25,42H,10,24,26-28H2,1-3H3,(H,39,40,43,44). The van der Waals surface area contributed by atoms with Crippen LogP contribution in [0.1, 0.15) is 33.5 Å². The largest absolute Gasteiger partial charge is 0.497 e. The summed E-state index contributed by atoms with van der Waals surface area (Å²) in [6, 6.07) is 36.9. The molecule has 0 aliphatic heterocycles. The lowest BCUT2D eigenvalue weighted by molar-refractivity contribution is 0.0378. The summed E-state index contributed by atoms with van der Waals surface area (Å²) >= 11 is 0. The van der Waals surface area contributed by atoms with Crippen LogP contribution in [0.5, 0.6) is 11.5 Å². The van der Waals surface area contributed by atoms with Gasteiger partial charge in [0.05, 0.1) is 14.2 Å². The molecule has 0 aliphatic carbocycles. The molecule has 5 rings (SSSR count). The Morgan fingerprint density at radius 2 is 1.35 bits per heavy atom. The van der Waals surface area contributed by atoms with Gasteiger partial charge in [0.2, 0.25) is 0 Å². The van der Waals surface area contributed by atoms with E-state index in [1.54, 1.807) is 50.7 Å². The monoisotopic (exact) mass is 663 g/mol. The molecule has 48 heavy (non-hydrogen) atoms. The molecule has 0 saturated carbocycles. The number of rotatable bonds is 15. The number of benzene rings is 4. The van der Waals surface area contributed by atoms with E-state index >= 15 is 0 Å². The van der Waals surface area contributed by atoms with Crippen LogP contribution in [0.15, 0.2) is 126 Å². The fourth-order valence-electron chi connectivity index (χ4n) is 5.68. The molecular formula is C38H41N3O6Si. The SMILES string of the molecule is COc1ccc(C(OC[Si](C)(CO)CCCn2ccc(NC(=O)c3ccccc3)nc2=O)(c2ccccc2)c2ccc(OC)cc2)cc1. The third kappa shape index (κ3) is 7.91. The molecule has 1 heterocycles. The molecular weight excluding hydrogens is 623 g/mol. The second kappa shape index (κ2) is 15.7. The smallest absolute Gasteiger partial charge is 0.349 e. The first kappa shape index (κ1) is 34.3. The Morgan fingerprint density at radius 1 is 0.812 bits per heavy atom. The van der Waals surface area contributed by atoms with E-state index in [4.69, 9.17) is 14.2 Å². The van der Waals surface area contributed by atoms with Crippen LogP contribution in [0.4, 0.5) is 5.82 Å². The molecule has 1 unspecified atom stereocenters. The van der Waals surface area contributed by atoms with E-state index in [0.29, 0.717) is 30.8 Å². The number of hydrogen-bond acceptors (Lipinski definition) is 7.